The van der Waals surface area contributed by atoms with Crippen molar-refractivity contribution in [3.05, 3.63) is 39.8 Å². The van der Waals surface area contributed by atoms with Crippen LogP contribution in [0.15, 0.2) is 30.5 Å². The number of benzene rings is 1. The smallest absolute Gasteiger partial charge is 0.183 e. The van der Waals surface area contributed by atoms with E-state index in [-0.39, 0.29) is 0 Å². The molecule has 0 unspecified atom stereocenters. The number of piperidine rings is 1. The Labute approximate surface area is 128 Å². The number of aromatic nitrogens is 1. The minimum Gasteiger partial charge on any atom is -0.380 e. The Hall–Kier alpha value is -1.26. The van der Waals surface area contributed by atoms with E-state index in [0.717, 1.165) is 17.1 Å². The SMILES string of the molecule is Clc1ncc(CNc2cccc(N3CCCCC3)c2)s1. The second-order valence-electron chi connectivity index (χ2n) is 5.03. The maximum absolute atomic E-state index is 5.84. The zero-order chi connectivity index (χ0) is 13.8. The third kappa shape index (κ3) is 3.44. The van der Waals surface area contributed by atoms with E-state index in [1.54, 1.807) is 0 Å². The Balaban J connectivity index is 1.64. The summed E-state index contributed by atoms with van der Waals surface area (Å²) in [5, 5.41) is 3.44. The lowest BCUT2D eigenvalue weighted by atomic mass is 10.1. The number of anilines is 2. The highest BCUT2D eigenvalue weighted by atomic mass is 35.5. The number of nitrogens with one attached hydrogen (secondary N) is 1. The van der Waals surface area contributed by atoms with Gasteiger partial charge in [-0.05, 0) is 37.5 Å². The summed E-state index contributed by atoms with van der Waals surface area (Å²) in [5.74, 6) is 0. The first-order chi connectivity index (χ1) is 9.81. The van der Waals surface area contributed by atoms with Gasteiger partial charge >= 0.3 is 0 Å². The Morgan fingerprint density at radius 3 is 2.85 bits per heavy atom. The predicted octanol–water partition coefficient (Wildman–Crippen LogP) is 4.40. The van der Waals surface area contributed by atoms with Crippen LogP contribution < -0.4 is 10.2 Å². The number of nitrogens with zero attached hydrogens (tertiary/aromatic N) is 2. The van der Waals surface area contributed by atoms with Gasteiger partial charge in [-0.15, -0.1) is 11.3 Å². The minimum atomic E-state index is 0.601. The van der Waals surface area contributed by atoms with Gasteiger partial charge in [0.15, 0.2) is 4.47 Å². The van der Waals surface area contributed by atoms with Crippen molar-refractivity contribution in [2.75, 3.05) is 23.3 Å². The summed E-state index contributed by atoms with van der Waals surface area (Å²) in [5.41, 5.74) is 2.47. The van der Waals surface area contributed by atoms with Crippen molar-refractivity contribution in [3.63, 3.8) is 0 Å². The van der Waals surface area contributed by atoms with Crippen LogP contribution in [-0.4, -0.2) is 18.1 Å². The van der Waals surface area contributed by atoms with Crippen molar-refractivity contribution in [2.24, 2.45) is 0 Å². The first kappa shape index (κ1) is 13.7. The van der Waals surface area contributed by atoms with E-state index < -0.39 is 0 Å². The number of hydrogen-bond acceptors (Lipinski definition) is 4. The highest BCUT2D eigenvalue weighted by Gasteiger charge is 2.11. The van der Waals surface area contributed by atoms with Gasteiger partial charge in [-0.2, -0.15) is 0 Å². The van der Waals surface area contributed by atoms with Gasteiger partial charge in [0.25, 0.3) is 0 Å². The van der Waals surface area contributed by atoms with Gasteiger partial charge in [0, 0.05) is 35.5 Å². The van der Waals surface area contributed by atoms with Crippen molar-refractivity contribution < 1.29 is 0 Å². The molecular weight excluding hydrogens is 290 g/mol. The Morgan fingerprint density at radius 2 is 2.10 bits per heavy atom. The molecule has 0 saturated carbocycles. The van der Waals surface area contributed by atoms with Crippen LogP contribution in [-0.2, 0) is 6.54 Å². The molecule has 106 valence electrons. The number of hydrogen-bond donors (Lipinski definition) is 1. The van der Waals surface area contributed by atoms with Gasteiger partial charge in [0.05, 0.1) is 6.54 Å². The first-order valence-electron chi connectivity index (χ1n) is 7.00. The quantitative estimate of drug-likeness (QED) is 0.907. The molecule has 1 aromatic carbocycles. The van der Waals surface area contributed by atoms with Gasteiger partial charge in [-0.25, -0.2) is 4.98 Å². The van der Waals surface area contributed by atoms with Gasteiger partial charge in [0.2, 0.25) is 0 Å². The Kier molecular flexibility index (Phi) is 4.43. The molecule has 5 heteroatoms. The fourth-order valence-corrected chi connectivity index (χ4v) is 3.44. The summed E-state index contributed by atoms with van der Waals surface area (Å²) < 4.78 is 0.601. The standard InChI is InChI=1S/C15H18ClN3S/c16-15-18-11-14(20-15)10-17-12-5-4-6-13(9-12)19-7-2-1-3-8-19/h4-6,9,11,17H,1-3,7-8,10H2. The normalized spacial score (nSPS) is 15.3. The summed E-state index contributed by atoms with van der Waals surface area (Å²) in [6, 6.07) is 8.65. The molecule has 2 aromatic rings. The summed E-state index contributed by atoms with van der Waals surface area (Å²) in [6.07, 6.45) is 5.79. The van der Waals surface area contributed by atoms with Gasteiger partial charge in [0.1, 0.15) is 0 Å². The van der Waals surface area contributed by atoms with E-state index >= 15 is 0 Å². The molecule has 0 atom stereocenters. The molecular formula is C15H18ClN3S. The highest BCUT2D eigenvalue weighted by molar-refractivity contribution is 7.15. The van der Waals surface area contributed by atoms with Crippen molar-refractivity contribution in [2.45, 2.75) is 25.8 Å². The van der Waals surface area contributed by atoms with Crippen molar-refractivity contribution >= 4 is 34.3 Å². The van der Waals surface area contributed by atoms with Crippen molar-refractivity contribution in [1.29, 1.82) is 0 Å². The molecule has 3 nitrogen and oxygen atoms in total. The van der Waals surface area contributed by atoms with Crippen LogP contribution in [0.1, 0.15) is 24.1 Å². The van der Waals surface area contributed by atoms with Gasteiger partial charge in [-0.1, -0.05) is 17.7 Å². The second kappa shape index (κ2) is 6.46. The lowest BCUT2D eigenvalue weighted by molar-refractivity contribution is 0.578. The van der Waals surface area contributed by atoms with Crippen LogP contribution >= 0.6 is 22.9 Å². The molecule has 1 saturated heterocycles. The molecule has 1 N–H and O–H groups in total. The molecule has 3 rings (SSSR count). The third-order valence-electron chi connectivity index (χ3n) is 3.56. The number of thiazole rings is 1. The molecule has 1 aliphatic heterocycles. The number of halogens is 1. The van der Waals surface area contributed by atoms with E-state index in [1.807, 2.05) is 6.20 Å². The van der Waals surface area contributed by atoms with E-state index in [0.29, 0.717) is 4.47 Å². The molecule has 0 aliphatic carbocycles. The molecule has 1 aliphatic rings. The van der Waals surface area contributed by atoms with E-state index in [4.69, 9.17) is 11.6 Å². The average molecular weight is 308 g/mol. The topological polar surface area (TPSA) is 28.2 Å². The summed E-state index contributed by atoms with van der Waals surface area (Å²) in [6.45, 7) is 3.12. The molecule has 0 bridgehead atoms. The van der Waals surface area contributed by atoms with E-state index in [1.165, 1.54) is 49.4 Å². The van der Waals surface area contributed by atoms with Crippen molar-refractivity contribution in [3.8, 4) is 0 Å². The van der Waals surface area contributed by atoms with Crippen LogP contribution in [0.2, 0.25) is 4.47 Å². The lowest BCUT2D eigenvalue weighted by Gasteiger charge is -2.29. The Morgan fingerprint density at radius 1 is 1.25 bits per heavy atom. The second-order valence-corrected chi connectivity index (χ2v) is 6.73. The van der Waals surface area contributed by atoms with Crippen LogP contribution in [0.4, 0.5) is 11.4 Å². The maximum Gasteiger partial charge on any atom is 0.183 e. The zero-order valence-electron chi connectivity index (χ0n) is 11.3. The van der Waals surface area contributed by atoms with Crippen LogP contribution in [0, 0.1) is 0 Å². The van der Waals surface area contributed by atoms with Gasteiger partial charge in [-0.3, -0.25) is 0 Å². The minimum absolute atomic E-state index is 0.601. The fourth-order valence-electron chi connectivity index (χ4n) is 2.52. The fraction of sp³-hybridized carbons (Fsp3) is 0.400. The molecule has 1 fully saturated rings. The highest BCUT2D eigenvalue weighted by Crippen LogP contribution is 2.24. The third-order valence-corrected chi connectivity index (χ3v) is 4.67. The summed E-state index contributed by atoms with van der Waals surface area (Å²) in [7, 11) is 0. The van der Waals surface area contributed by atoms with Crippen LogP contribution in [0.25, 0.3) is 0 Å². The monoisotopic (exact) mass is 307 g/mol. The van der Waals surface area contributed by atoms with E-state index in [2.05, 4.69) is 39.5 Å². The zero-order valence-corrected chi connectivity index (χ0v) is 12.9. The average Bonchev–Trinajstić information content (AvgIpc) is 2.92. The predicted molar refractivity (Wildman–Crippen MR) is 87.0 cm³/mol. The largest absolute Gasteiger partial charge is 0.380 e. The van der Waals surface area contributed by atoms with Crippen molar-refractivity contribution in [1.82, 2.24) is 4.98 Å². The molecule has 2 heterocycles. The van der Waals surface area contributed by atoms with Crippen LogP contribution in [0.5, 0.6) is 0 Å². The molecule has 0 amide bonds. The lowest BCUT2D eigenvalue weighted by Crippen LogP contribution is -2.29. The molecule has 0 spiro atoms. The Bertz CT molecular complexity index is 564. The molecule has 1 aromatic heterocycles. The molecule has 20 heavy (non-hydrogen) atoms. The molecule has 0 radical (unpaired) electrons. The maximum atomic E-state index is 5.84. The first-order valence-corrected chi connectivity index (χ1v) is 8.20. The van der Waals surface area contributed by atoms with Crippen LogP contribution in [0.3, 0.4) is 0 Å². The van der Waals surface area contributed by atoms with Gasteiger partial charge < -0.3 is 10.2 Å². The summed E-state index contributed by atoms with van der Waals surface area (Å²) >= 11 is 7.36. The van der Waals surface area contributed by atoms with E-state index in [9.17, 15) is 0 Å². The summed E-state index contributed by atoms with van der Waals surface area (Å²) in [4.78, 5) is 7.68. The number of rotatable bonds is 4.